The van der Waals surface area contributed by atoms with Crippen LogP contribution in [0.5, 0.6) is 5.88 Å². The molecule has 0 saturated heterocycles. The van der Waals surface area contributed by atoms with Crippen molar-refractivity contribution < 1.29 is 5.11 Å². The zero-order valence-electron chi connectivity index (χ0n) is 9.24. The molecule has 3 rings (SSSR count). The molecule has 1 aliphatic rings. The predicted octanol–water partition coefficient (Wildman–Crippen LogP) is 2.04. The van der Waals surface area contributed by atoms with Gasteiger partial charge in [-0.2, -0.15) is 4.98 Å². The Morgan fingerprint density at radius 3 is 2.59 bits per heavy atom. The van der Waals surface area contributed by atoms with E-state index >= 15 is 0 Å². The highest BCUT2D eigenvalue weighted by Crippen LogP contribution is 2.54. The molecule has 86 valence electrons. The van der Waals surface area contributed by atoms with Crippen molar-refractivity contribution in [2.75, 3.05) is 5.73 Å². The molecule has 4 heteroatoms. The summed E-state index contributed by atoms with van der Waals surface area (Å²) in [6.07, 6.45) is 1.06. The van der Waals surface area contributed by atoms with Crippen LogP contribution in [0.4, 0.5) is 5.95 Å². The van der Waals surface area contributed by atoms with E-state index in [2.05, 4.69) is 22.1 Å². The Kier molecular flexibility index (Phi) is 2.21. The highest BCUT2D eigenvalue weighted by atomic mass is 16.3. The molecule has 2 atom stereocenters. The molecular weight excluding hydrogens is 214 g/mol. The van der Waals surface area contributed by atoms with Gasteiger partial charge in [0.15, 0.2) is 0 Å². The van der Waals surface area contributed by atoms with Crippen LogP contribution in [0.1, 0.15) is 29.5 Å². The molecule has 0 radical (unpaired) electrons. The van der Waals surface area contributed by atoms with Crippen molar-refractivity contribution in [3.05, 3.63) is 47.7 Å². The van der Waals surface area contributed by atoms with Gasteiger partial charge in [-0.05, 0) is 17.9 Å². The maximum Gasteiger partial charge on any atom is 0.223 e. The fourth-order valence-corrected chi connectivity index (χ4v) is 2.25. The molecule has 1 fully saturated rings. The lowest BCUT2D eigenvalue weighted by Crippen LogP contribution is -1.98. The van der Waals surface area contributed by atoms with Crippen LogP contribution in [0, 0.1) is 0 Å². The number of anilines is 1. The first-order valence-corrected chi connectivity index (χ1v) is 5.62. The minimum absolute atomic E-state index is 0.0498. The highest BCUT2D eigenvalue weighted by molar-refractivity contribution is 5.36. The zero-order valence-corrected chi connectivity index (χ0v) is 9.24. The summed E-state index contributed by atoms with van der Waals surface area (Å²) in [5.41, 5.74) is 7.68. The first kappa shape index (κ1) is 10.1. The standard InChI is InChI=1S/C13H13N3O/c14-13-15-11(7-12(17)16-13)10-6-9(10)8-4-2-1-3-5-8/h1-5,7,9-10H,6H2,(H3,14,15,16,17). The quantitative estimate of drug-likeness (QED) is 0.823. The van der Waals surface area contributed by atoms with Gasteiger partial charge in [0, 0.05) is 12.0 Å². The van der Waals surface area contributed by atoms with E-state index in [0.717, 1.165) is 12.1 Å². The van der Waals surface area contributed by atoms with Crippen molar-refractivity contribution in [1.82, 2.24) is 9.97 Å². The van der Waals surface area contributed by atoms with Gasteiger partial charge in [-0.3, -0.25) is 0 Å². The SMILES string of the molecule is Nc1nc(O)cc(C2CC2c2ccccc2)n1. The van der Waals surface area contributed by atoms with E-state index in [-0.39, 0.29) is 11.8 Å². The highest BCUT2D eigenvalue weighted by Gasteiger charge is 2.40. The number of hydrogen-bond donors (Lipinski definition) is 2. The maximum absolute atomic E-state index is 9.40. The summed E-state index contributed by atoms with van der Waals surface area (Å²) in [5, 5.41) is 9.40. The van der Waals surface area contributed by atoms with E-state index < -0.39 is 0 Å². The molecule has 17 heavy (non-hydrogen) atoms. The number of nitrogen functional groups attached to an aromatic ring is 1. The van der Waals surface area contributed by atoms with Crippen LogP contribution < -0.4 is 5.73 Å². The van der Waals surface area contributed by atoms with E-state index in [1.807, 2.05) is 18.2 Å². The molecule has 0 spiro atoms. The molecule has 1 aromatic carbocycles. The monoisotopic (exact) mass is 227 g/mol. The van der Waals surface area contributed by atoms with Crippen LogP contribution in [-0.4, -0.2) is 15.1 Å². The second-order valence-corrected chi connectivity index (χ2v) is 4.37. The summed E-state index contributed by atoms with van der Waals surface area (Å²) in [5.74, 6) is 0.934. The lowest BCUT2D eigenvalue weighted by atomic mass is 10.1. The number of hydrogen-bond acceptors (Lipinski definition) is 4. The molecule has 1 aliphatic carbocycles. The number of rotatable bonds is 2. The Balaban J connectivity index is 1.85. The largest absolute Gasteiger partial charge is 0.493 e. The van der Waals surface area contributed by atoms with E-state index in [1.54, 1.807) is 6.07 Å². The molecular formula is C13H13N3O. The summed E-state index contributed by atoms with van der Waals surface area (Å²) in [7, 11) is 0. The molecule has 1 aromatic heterocycles. The third-order valence-electron chi connectivity index (χ3n) is 3.15. The van der Waals surface area contributed by atoms with Gasteiger partial charge >= 0.3 is 0 Å². The first-order valence-electron chi connectivity index (χ1n) is 5.62. The molecule has 2 aromatic rings. The van der Waals surface area contributed by atoms with Crippen molar-refractivity contribution in [2.45, 2.75) is 18.3 Å². The molecule has 3 N–H and O–H groups in total. The van der Waals surface area contributed by atoms with E-state index in [0.29, 0.717) is 11.8 Å². The van der Waals surface area contributed by atoms with Gasteiger partial charge < -0.3 is 10.8 Å². The molecule has 1 heterocycles. The van der Waals surface area contributed by atoms with Gasteiger partial charge in [0.1, 0.15) is 0 Å². The number of benzene rings is 1. The average molecular weight is 227 g/mol. The molecule has 0 aliphatic heterocycles. The normalized spacial score (nSPS) is 22.4. The van der Waals surface area contributed by atoms with Crippen molar-refractivity contribution >= 4 is 5.95 Å². The second-order valence-electron chi connectivity index (χ2n) is 4.37. The Labute approximate surface area is 99.2 Å². The van der Waals surface area contributed by atoms with Crippen LogP contribution in [0.2, 0.25) is 0 Å². The van der Waals surface area contributed by atoms with Crippen LogP contribution in [-0.2, 0) is 0 Å². The molecule has 0 bridgehead atoms. The summed E-state index contributed by atoms with van der Waals surface area (Å²) in [4.78, 5) is 7.84. The van der Waals surface area contributed by atoms with Crippen LogP contribution in [0.15, 0.2) is 36.4 Å². The van der Waals surface area contributed by atoms with Crippen molar-refractivity contribution in [1.29, 1.82) is 0 Å². The van der Waals surface area contributed by atoms with Crippen molar-refractivity contribution in [2.24, 2.45) is 0 Å². The minimum atomic E-state index is -0.0498. The Hall–Kier alpha value is -2.10. The third kappa shape index (κ3) is 1.93. The van der Waals surface area contributed by atoms with Gasteiger partial charge in [-0.15, -0.1) is 0 Å². The Morgan fingerprint density at radius 2 is 1.88 bits per heavy atom. The second kappa shape index (κ2) is 3.73. The molecule has 1 saturated carbocycles. The van der Waals surface area contributed by atoms with E-state index in [9.17, 15) is 5.11 Å². The van der Waals surface area contributed by atoms with Gasteiger partial charge in [0.2, 0.25) is 11.8 Å². The maximum atomic E-state index is 9.40. The number of nitrogens with zero attached hydrogens (tertiary/aromatic N) is 2. The summed E-state index contributed by atoms with van der Waals surface area (Å²) in [6, 6.07) is 11.9. The van der Waals surface area contributed by atoms with E-state index in [1.165, 1.54) is 5.56 Å². The van der Waals surface area contributed by atoms with Gasteiger partial charge in [-0.25, -0.2) is 4.98 Å². The fraction of sp³-hybridized carbons (Fsp3) is 0.231. The minimum Gasteiger partial charge on any atom is -0.493 e. The first-order chi connectivity index (χ1) is 8.24. The van der Waals surface area contributed by atoms with Crippen LogP contribution in [0.25, 0.3) is 0 Å². The molecule has 0 amide bonds. The van der Waals surface area contributed by atoms with E-state index in [4.69, 9.17) is 5.73 Å². The molecule has 4 nitrogen and oxygen atoms in total. The Morgan fingerprint density at radius 1 is 1.12 bits per heavy atom. The lowest BCUT2D eigenvalue weighted by Gasteiger charge is -2.02. The zero-order chi connectivity index (χ0) is 11.8. The van der Waals surface area contributed by atoms with Crippen LogP contribution >= 0.6 is 0 Å². The Bertz CT molecular complexity index is 521. The molecule has 2 unspecified atom stereocenters. The number of aromatic hydroxyl groups is 1. The predicted molar refractivity (Wildman–Crippen MR) is 64.7 cm³/mol. The number of aromatic nitrogens is 2. The van der Waals surface area contributed by atoms with Crippen molar-refractivity contribution in [3.8, 4) is 5.88 Å². The summed E-state index contributed by atoms with van der Waals surface area (Å²) >= 11 is 0. The fourth-order valence-electron chi connectivity index (χ4n) is 2.25. The van der Waals surface area contributed by atoms with Gasteiger partial charge in [-0.1, -0.05) is 30.3 Å². The summed E-state index contributed by atoms with van der Waals surface area (Å²) in [6.45, 7) is 0. The lowest BCUT2D eigenvalue weighted by molar-refractivity contribution is 0.452. The van der Waals surface area contributed by atoms with Gasteiger partial charge in [0.05, 0.1) is 5.69 Å². The van der Waals surface area contributed by atoms with Gasteiger partial charge in [0.25, 0.3) is 0 Å². The topological polar surface area (TPSA) is 72.0 Å². The third-order valence-corrected chi connectivity index (χ3v) is 3.15. The summed E-state index contributed by atoms with van der Waals surface area (Å²) < 4.78 is 0. The number of nitrogens with two attached hydrogens (primary N) is 1. The van der Waals surface area contributed by atoms with Crippen LogP contribution in [0.3, 0.4) is 0 Å². The average Bonchev–Trinajstić information content (AvgIpc) is 3.09. The smallest absolute Gasteiger partial charge is 0.223 e. The van der Waals surface area contributed by atoms with Crippen molar-refractivity contribution in [3.63, 3.8) is 0 Å².